The Balaban J connectivity index is 1.60. The van der Waals surface area contributed by atoms with E-state index in [0.717, 1.165) is 33.5 Å². The maximum atomic E-state index is 12.6. The molecular weight excluding hydrogens is 362 g/mol. The fourth-order valence-corrected chi connectivity index (χ4v) is 3.19. The number of aromatic amines is 1. The molecule has 0 aliphatic rings. The van der Waals surface area contributed by atoms with Gasteiger partial charge >= 0.3 is 0 Å². The Hall–Kier alpha value is -3.12. The first-order valence-electron chi connectivity index (χ1n) is 8.53. The van der Waals surface area contributed by atoms with Crippen molar-refractivity contribution in [3.63, 3.8) is 0 Å². The molecule has 0 saturated carbocycles. The molecule has 4 rings (SSSR count). The van der Waals surface area contributed by atoms with Gasteiger partial charge in [-0.25, -0.2) is 4.98 Å². The average molecular weight is 380 g/mol. The van der Waals surface area contributed by atoms with E-state index in [2.05, 4.69) is 15.5 Å². The van der Waals surface area contributed by atoms with Crippen molar-refractivity contribution in [2.24, 2.45) is 7.05 Å². The molecule has 6 nitrogen and oxygen atoms in total. The molecule has 0 radical (unpaired) electrons. The predicted molar refractivity (Wildman–Crippen MR) is 106 cm³/mol. The van der Waals surface area contributed by atoms with Gasteiger partial charge in [-0.3, -0.25) is 9.89 Å². The molecule has 0 unspecified atom stereocenters. The molecule has 0 bridgehead atoms. The van der Waals surface area contributed by atoms with Crippen LogP contribution >= 0.6 is 11.6 Å². The van der Waals surface area contributed by atoms with E-state index in [9.17, 15) is 4.79 Å². The van der Waals surface area contributed by atoms with Gasteiger partial charge in [-0.2, -0.15) is 5.10 Å². The Labute approximate surface area is 161 Å². The molecule has 1 aromatic carbocycles. The summed E-state index contributed by atoms with van der Waals surface area (Å²) in [6.07, 6.45) is 1.83. The molecule has 0 atom stereocenters. The minimum absolute atomic E-state index is 0.147. The summed E-state index contributed by atoms with van der Waals surface area (Å²) >= 11 is 5.89. The van der Waals surface area contributed by atoms with Crippen LogP contribution < -0.4 is 5.32 Å². The van der Waals surface area contributed by atoms with E-state index < -0.39 is 0 Å². The topological polar surface area (TPSA) is 75.6 Å². The highest BCUT2D eigenvalue weighted by molar-refractivity contribution is 6.30. The van der Waals surface area contributed by atoms with Crippen LogP contribution in [-0.4, -0.2) is 25.7 Å². The first kappa shape index (κ1) is 17.3. The Morgan fingerprint density at radius 1 is 1.22 bits per heavy atom. The van der Waals surface area contributed by atoms with Crippen molar-refractivity contribution in [2.75, 3.05) is 0 Å². The van der Waals surface area contributed by atoms with Crippen molar-refractivity contribution in [3.05, 3.63) is 70.6 Å². The molecular formula is C20H18ClN5O. The zero-order valence-electron chi connectivity index (χ0n) is 15.0. The number of aromatic nitrogens is 4. The van der Waals surface area contributed by atoms with E-state index >= 15 is 0 Å². The number of carbonyl (C=O) groups excluding carboxylic acids is 1. The molecule has 3 heterocycles. The summed E-state index contributed by atoms with van der Waals surface area (Å²) in [4.78, 5) is 17.4. The lowest BCUT2D eigenvalue weighted by Crippen LogP contribution is -2.24. The van der Waals surface area contributed by atoms with Crippen LogP contribution in [0.5, 0.6) is 0 Å². The molecule has 7 heteroatoms. The summed E-state index contributed by atoms with van der Waals surface area (Å²) in [6, 6.07) is 13.2. The number of nitrogens with zero attached hydrogens (tertiary/aromatic N) is 3. The normalized spacial score (nSPS) is 11.1. The number of carbonyl (C=O) groups is 1. The quantitative estimate of drug-likeness (QED) is 0.565. The standard InChI is InChI=1S/C20H18ClN5O/c1-12-16(11-23-25-12)17-8-5-14-9-18(26(2)19(14)24-17)20(27)22-10-13-3-6-15(21)7-4-13/h3-9,11H,10H2,1-2H3,(H,22,27)(H,23,25). The molecule has 3 aromatic heterocycles. The van der Waals surface area contributed by atoms with Crippen LogP contribution in [0.2, 0.25) is 5.02 Å². The van der Waals surface area contributed by atoms with Crippen LogP contribution in [0.25, 0.3) is 22.3 Å². The average Bonchev–Trinajstić information content (AvgIpc) is 3.24. The second-order valence-electron chi connectivity index (χ2n) is 6.39. The summed E-state index contributed by atoms with van der Waals surface area (Å²) in [7, 11) is 1.85. The number of rotatable bonds is 4. The van der Waals surface area contributed by atoms with E-state index in [1.165, 1.54) is 0 Å². The SMILES string of the molecule is Cc1n[nH]cc1-c1ccc2cc(C(=O)NCc3ccc(Cl)cc3)n(C)c2n1. The number of fused-ring (bicyclic) bond motifs is 1. The van der Waals surface area contributed by atoms with Gasteiger partial charge in [0.2, 0.25) is 0 Å². The monoisotopic (exact) mass is 379 g/mol. The number of halogens is 1. The molecule has 0 saturated heterocycles. The number of H-pyrrole nitrogens is 1. The predicted octanol–water partition coefficient (Wildman–Crippen LogP) is 3.86. The third-order valence-electron chi connectivity index (χ3n) is 4.58. The van der Waals surface area contributed by atoms with E-state index in [4.69, 9.17) is 16.6 Å². The van der Waals surface area contributed by atoms with Crippen LogP contribution in [0.1, 0.15) is 21.7 Å². The molecule has 27 heavy (non-hydrogen) atoms. The van der Waals surface area contributed by atoms with Crippen LogP contribution in [-0.2, 0) is 13.6 Å². The van der Waals surface area contributed by atoms with Crippen LogP contribution in [0, 0.1) is 6.92 Å². The molecule has 0 fully saturated rings. The fraction of sp³-hybridized carbons (Fsp3) is 0.150. The lowest BCUT2D eigenvalue weighted by Gasteiger charge is -2.07. The van der Waals surface area contributed by atoms with Gasteiger partial charge in [-0.05, 0) is 42.8 Å². The van der Waals surface area contributed by atoms with Gasteiger partial charge in [0.15, 0.2) is 0 Å². The number of nitrogens with one attached hydrogen (secondary N) is 2. The van der Waals surface area contributed by atoms with Crippen molar-refractivity contribution in [2.45, 2.75) is 13.5 Å². The highest BCUT2D eigenvalue weighted by Crippen LogP contribution is 2.24. The van der Waals surface area contributed by atoms with Crippen molar-refractivity contribution in [1.29, 1.82) is 0 Å². The second-order valence-corrected chi connectivity index (χ2v) is 6.83. The van der Waals surface area contributed by atoms with Crippen molar-refractivity contribution in [3.8, 4) is 11.3 Å². The van der Waals surface area contributed by atoms with E-state index in [1.807, 2.05) is 67.2 Å². The van der Waals surface area contributed by atoms with Crippen LogP contribution in [0.15, 0.2) is 48.7 Å². The summed E-state index contributed by atoms with van der Waals surface area (Å²) in [5.41, 5.74) is 4.96. The van der Waals surface area contributed by atoms with Gasteiger partial charge in [0.05, 0.1) is 11.4 Å². The molecule has 2 N–H and O–H groups in total. The van der Waals surface area contributed by atoms with Gasteiger partial charge in [0, 0.05) is 35.8 Å². The highest BCUT2D eigenvalue weighted by Gasteiger charge is 2.15. The van der Waals surface area contributed by atoms with Gasteiger partial charge in [0.25, 0.3) is 5.91 Å². The third-order valence-corrected chi connectivity index (χ3v) is 4.83. The van der Waals surface area contributed by atoms with Crippen molar-refractivity contribution in [1.82, 2.24) is 25.1 Å². The summed E-state index contributed by atoms with van der Waals surface area (Å²) in [6.45, 7) is 2.36. The minimum Gasteiger partial charge on any atom is -0.347 e. The Morgan fingerprint density at radius 3 is 2.70 bits per heavy atom. The first-order chi connectivity index (χ1) is 13.0. The molecule has 4 aromatic rings. The van der Waals surface area contributed by atoms with E-state index in [0.29, 0.717) is 17.3 Å². The van der Waals surface area contributed by atoms with Gasteiger partial charge in [-0.15, -0.1) is 0 Å². The number of hydrogen-bond acceptors (Lipinski definition) is 3. The maximum absolute atomic E-state index is 12.6. The molecule has 136 valence electrons. The molecule has 0 spiro atoms. The van der Waals surface area contributed by atoms with E-state index in [1.54, 1.807) is 0 Å². The van der Waals surface area contributed by atoms with Crippen LogP contribution in [0.4, 0.5) is 0 Å². The second kappa shape index (κ2) is 6.89. The molecule has 1 amide bonds. The van der Waals surface area contributed by atoms with Crippen molar-refractivity contribution < 1.29 is 4.79 Å². The Morgan fingerprint density at radius 2 is 2.00 bits per heavy atom. The lowest BCUT2D eigenvalue weighted by molar-refractivity contribution is 0.0943. The van der Waals surface area contributed by atoms with Crippen molar-refractivity contribution >= 4 is 28.5 Å². The number of hydrogen-bond donors (Lipinski definition) is 2. The minimum atomic E-state index is -0.147. The summed E-state index contributed by atoms with van der Waals surface area (Å²) < 4.78 is 1.81. The number of amides is 1. The Kier molecular flexibility index (Phi) is 4.41. The third kappa shape index (κ3) is 3.31. The molecule has 0 aliphatic heterocycles. The van der Waals surface area contributed by atoms with E-state index in [-0.39, 0.29) is 5.91 Å². The Bertz CT molecular complexity index is 1130. The zero-order valence-corrected chi connectivity index (χ0v) is 15.7. The molecule has 0 aliphatic carbocycles. The van der Waals surface area contributed by atoms with Gasteiger partial charge < -0.3 is 9.88 Å². The van der Waals surface area contributed by atoms with Gasteiger partial charge in [0.1, 0.15) is 11.3 Å². The number of pyridine rings is 1. The van der Waals surface area contributed by atoms with Gasteiger partial charge in [-0.1, -0.05) is 23.7 Å². The summed E-state index contributed by atoms with van der Waals surface area (Å²) in [5.74, 6) is -0.147. The maximum Gasteiger partial charge on any atom is 0.268 e. The van der Waals surface area contributed by atoms with Crippen LogP contribution in [0.3, 0.4) is 0 Å². The summed E-state index contributed by atoms with van der Waals surface area (Å²) in [5, 5.41) is 11.5. The highest BCUT2D eigenvalue weighted by atomic mass is 35.5. The zero-order chi connectivity index (χ0) is 19.0. The lowest BCUT2D eigenvalue weighted by atomic mass is 10.1. The number of aryl methyl sites for hydroxylation is 2. The first-order valence-corrected chi connectivity index (χ1v) is 8.90. The smallest absolute Gasteiger partial charge is 0.268 e. The number of benzene rings is 1. The largest absolute Gasteiger partial charge is 0.347 e. The fourth-order valence-electron chi connectivity index (χ4n) is 3.06.